The molecule has 0 N–H and O–H groups in total. The Morgan fingerprint density at radius 1 is 0.583 bits per heavy atom. The number of carbonyl (C=O) groups is 2. The van der Waals surface area contributed by atoms with Crippen LogP contribution in [0.4, 0.5) is 0 Å². The summed E-state index contributed by atoms with van der Waals surface area (Å²) in [5.74, 6) is 1.38. The van der Waals surface area contributed by atoms with Gasteiger partial charge in [-0.1, -0.05) is 85.2 Å². The van der Waals surface area contributed by atoms with Gasteiger partial charge in [0.2, 0.25) is 10.2 Å². The molecule has 0 amide bonds. The quantitative estimate of drug-likeness (QED) is 0.200. The zero-order chi connectivity index (χ0) is 25.9. The summed E-state index contributed by atoms with van der Waals surface area (Å²) in [5.41, 5.74) is 5.34. The Morgan fingerprint density at radius 2 is 0.861 bits per heavy atom. The Morgan fingerprint density at radius 3 is 1.14 bits per heavy atom. The highest BCUT2D eigenvalue weighted by Crippen LogP contribution is 2.28. The van der Waals surface area contributed by atoms with E-state index in [1.807, 2.05) is 48.5 Å². The fourth-order valence-corrected chi connectivity index (χ4v) is 3.77. The van der Waals surface area contributed by atoms with Crippen molar-refractivity contribution in [2.45, 2.75) is 13.8 Å². The van der Waals surface area contributed by atoms with Crippen molar-refractivity contribution in [3.8, 4) is 33.8 Å². The Kier molecular flexibility index (Phi) is 9.98. The molecule has 0 aliphatic carbocycles. The topological polar surface area (TPSA) is 52.6 Å². The Labute approximate surface area is 220 Å². The normalized spacial score (nSPS) is 10.9. The third-order valence-corrected chi connectivity index (χ3v) is 6.45. The van der Waals surface area contributed by atoms with Gasteiger partial charge in [-0.25, -0.2) is 0 Å². The smallest absolute Gasteiger partial charge is 0.218 e. The molecular formula is C30H26O4S2. The van der Waals surface area contributed by atoms with E-state index in [4.69, 9.17) is 9.47 Å². The predicted molar refractivity (Wildman–Crippen MR) is 152 cm³/mol. The van der Waals surface area contributed by atoms with Gasteiger partial charge in [0.1, 0.15) is 11.5 Å². The monoisotopic (exact) mass is 514 g/mol. The number of hydrogen-bond acceptors (Lipinski definition) is 6. The van der Waals surface area contributed by atoms with E-state index in [9.17, 15) is 9.59 Å². The molecule has 0 fully saturated rings. The fraction of sp³-hybridized carbons (Fsp3) is 0.0667. The molecule has 182 valence electrons. The van der Waals surface area contributed by atoms with Gasteiger partial charge in [-0.2, -0.15) is 0 Å². The average Bonchev–Trinajstić information content (AvgIpc) is 2.89. The van der Waals surface area contributed by atoms with Crippen LogP contribution in [0.15, 0.2) is 120 Å². The van der Waals surface area contributed by atoms with Crippen LogP contribution in [-0.4, -0.2) is 10.2 Å². The molecule has 0 aromatic heterocycles. The molecule has 3 rings (SSSR count). The highest BCUT2D eigenvalue weighted by Gasteiger charge is 2.03. The van der Waals surface area contributed by atoms with Gasteiger partial charge in [0, 0.05) is 10.8 Å². The van der Waals surface area contributed by atoms with Crippen molar-refractivity contribution in [1.82, 2.24) is 0 Å². The average molecular weight is 515 g/mol. The zero-order valence-corrected chi connectivity index (χ0v) is 21.7. The van der Waals surface area contributed by atoms with Crippen molar-refractivity contribution in [2.24, 2.45) is 0 Å². The van der Waals surface area contributed by atoms with Crippen LogP contribution in [0.2, 0.25) is 0 Å². The van der Waals surface area contributed by atoms with E-state index < -0.39 is 0 Å². The molecular weight excluding hydrogens is 488 g/mol. The maximum atomic E-state index is 11.5. The Hall–Kier alpha value is -3.74. The van der Waals surface area contributed by atoms with E-state index in [1.165, 1.54) is 12.5 Å². The van der Waals surface area contributed by atoms with Crippen molar-refractivity contribution in [1.29, 1.82) is 0 Å². The first-order chi connectivity index (χ1) is 17.3. The van der Waals surface area contributed by atoms with E-state index in [2.05, 4.69) is 37.4 Å². The molecule has 4 nitrogen and oxygen atoms in total. The number of ether oxygens (including phenoxy) is 2. The molecule has 6 heteroatoms. The third-order valence-electron chi connectivity index (χ3n) is 4.83. The summed E-state index contributed by atoms with van der Waals surface area (Å²) in [4.78, 5) is 23.0. The lowest BCUT2D eigenvalue weighted by Gasteiger charge is -2.07. The van der Waals surface area contributed by atoms with Gasteiger partial charge in [0.25, 0.3) is 0 Å². The highest BCUT2D eigenvalue weighted by atomic mass is 32.2. The van der Waals surface area contributed by atoms with Crippen LogP contribution in [0.25, 0.3) is 22.3 Å². The lowest BCUT2D eigenvalue weighted by molar-refractivity contribution is -0.108. The summed E-state index contributed by atoms with van der Waals surface area (Å²) < 4.78 is 11.1. The SMILES string of the molecule is C=C(C)C(=O)SC=COc1ccc(-c2ccc(-c3ccc(OC=CSC(=O)C(=C)C)cc3)cc2)cc1. The summed E-state index contributed by atoms with van der Waals surface area (Å²) in [5, 5.41) is 3.03. The summed E-state index contributed by atoms with van der Waals surface area (Å²) in [7, 11) is 0. The van der Waals surface area contributed by atoms with Gasteiger partial charge in [0.05, 0.1) is 12.5 Å². The van der Waals surface area contributed by atoms with Crippen molar-refractivity contribution >= 4 is 33.8 Å². The van der Waals surface area contributed by atoms with Gasteiger partial charge in [-0.3, -0.25) is 9.59 Å². The highest BCUT2D eigenvalue weighted by molar-refractivity contribution is 8.16. The number of hydrogen-bond donors (Lipinski definition) is 0. The minimum atomic E-state index is -0.0852. The lowest BCUT2D eigenvalue weighted by atomic mass is 10.0. The Balaban J connectivity index is 1.55. The van der Waals surface area contributed by atoms with Crippen LogP contribution in [-0.2, 0) is 9.59 Å². The van der Waals surface area contributed by atoms with E-state index >= 15 is 0 Å². The second-order valence-corrected chi connectivity index (χ2v) is 9.53. The fourth-order valence-electron chi connectivity index (χ4n) is 2.90. The molecule has 0 spiro atoms. The summed E-state index contributed by atoms with van der Waals surface area (Å²) in [6.07, 6.45) is 2.98. The van der Waals surface area contributed by atoms with Crippen LogP contribution in [0.3, 0.4) is 0 Å². The van der Waals surface area contributed by atoms with E-state index in [0.29, 0.717) is 22.6 Å². The molecule has 0 radical (unpaired) electrons. The van der Waals surface area contributed by atoms with Crippen LogP contribution in [0.5, 0.6) is 11.5 Å². The molecule has 0 bridgehead atoms. The van der Waals surface area contributed by atoms with Gasteiger partial charge in [0.15, 0.2) is 0 Å². The van der Waals surface area contributed by atoms with Crippen molar-refractivity contribution in [2.75, 3.05) is 0 Å². The minimum Gasteiger partial charge on any atom is -0.464 e. The van der Waals surface area contributed by atoms with Gasteiger partial charge in [-0.15, -0.1) is 0 Å². The molecule has 0 saturated heterocycles. The number of thioether (sulfide) groups is 2. The van der Waals surface area contributed by atoms with Crippen LogP contribution < -0.4 is 9.47 Å². The minimum absolute atomic E-state index is 0.0852. The molecule has 36 heavy (non-hydrogen) atoms. The predicted octanol–water partition coefficient (Wildman–Crippen LogP) is 8.39. The summed E-state index contributed by atoms with van der Waals surface area (Å²) in [6.45, 7) is 10.6. The summed E-state index contributed by atoms with van der Waals surface area (Å²) in [6, 6.07) is 23.8. The van der Waals surface area contributed by atoms with Crippen LogP contribution >= 0.6 is 23.5 Å². The molecule has 0 saturated carbocycles. The molecule has 0 heterocycles. The van der Waals surface area contributed by atoms with Gasteiger partial charge in [-0.05, 0) is 71.5 Å². The molecule has 0 atom stereocenters. The molecule has 3 aromatic rings. The zero-order valence-electron chi connectivity index (χ0n) is 20.1. The van der Waals surface area contributed by atoms with E-state index in [1.54, 1.807) is 24.7 Å². The van der Waals surface area contributed by atoms with Crippen molar-refractivity contribution < 1.29 is 19.1 Å². The molecule has 0 unspecified atom stereocenters. The summed E-state index contributed by atoms with van der Waals surface area (Å²) >= 11 is 2.08. The van der Waals surface area contributed by atoms with E-state index in [0.717, 1.165) is 45.8 Å². The van der Waals surface area contributed by atoms with Crippen LogP contribution in [0.1, 0.15) is 13.8 Å². The number of carbonyl (C=O) groups excluding carboxylic acids is 2. The largest absolute Gasteiger partial charge is 0.464 e. The second kappa shape index (κ2) is 13.4. The first-order valence-electron chi connectivity index (χ1n) is 11.0. The third kappa shape index (κ3) is 8.18. The van der Waals surface area contributed by atoms with Gasteiger partial charge < -0.3 is 9.47 Å². The first kappa shape index (κ1) is 26.9. The molecule has 0 aliphatic heterocycles. The van der Waals surface area contributed by atoms with Gasteiger partial charge >= 0.3 is 0 Å². The maximum absolute atomic E-state index is 11.5. The van der Waals surface area contributed by atoms with Crippen LogP contribution in [0, 0.1) is 0 Å². The number of rotatable bonds is 10. The standard InChI is InChI=1S/C30H26O4S2/c1-21(2)29(31)35-19-17-33-27-13-9-25(10-14-27)23-5-7-24(8-6-23)26-11-15-28(16-12-26)34-18-20-36-30(32)22(3)4/h5-20H,1,3H2,2,4H3. The second-order valence-electron chi connectivity index (χ2n) is 7.78. The van der Waals surface area contributed by atoms with Crippen molar-refractivity contribution in [3.63, 3.8) is 0 Å². The first-order valence-corrected chi connectivity index (χ1v) is 12.8. The lowest BCUT2D eigenvalue weighted by Crippen LogP contribution is -1.89. The molecule has 0 aliphatic rings. The molecule has 3 aromatic carbocycles. The van der Waals surface area contributed by atoms with Crippen molar-refractivity contribution in [3.05, 3.63) is 120 Å². The number of benzene rings is 3. The maximum Gasteiger partial charge on any atom is 0.218 e. The van der Waals surface area contributed by atoms with E-state index in [-0.39, 0.29) is 10.2 Å². The Bertz CT molecular complexity index is 1180.